The van der Waals surface area contributed by atoms with Crippen LogP contribution in [0, 0.1) is 0 Å². The quantitative estimate of drug-likeness (QED) is 0.592. The number of fused-ring (bicyclic) bond motifs is 3. The van der Waals surface area contributed by atoms with E-state index in [4.69, 9.17) is 0 Å². The minimum atomic E-state index is 1.10. The fraction of sp³-hybridized carbons (Fsp3) is 0.417. The molecule has 14 heavy (non-hydrogen) atoms. The summed E-state index contributed by atoms with van der Waals surface area (Å²) in [5.74, 6) is 1.19. The predicted octanol–water partition coefficient (Wildman–Crippen LogP) is 2.63. The van der Waals surface area contributed by atoms with Crippen LogP contribution in [0.15, 0.2) is 11.1 Å². The van der Waals surface area contributed by atoms with Crippen LogP contribution in [0.1, 0.15) is 29.7 Å². The number of aromatic nitrogens is 1. The van der Waals surface area contributed by atoms with Crippen LogP contribution in [0.25, 0.3) is 6.08 Å². The Morgan fingerprint density at radius 3 is 3.00 bits per heavy atom. The number of hydrogen-bond acceptors (Lipinski definition) is 1. The number of hydrogen-bond donors (Lipinski definition) is 0. The molecule has 3 rings (SSSR count). The van der Waals surface area contributed by atoms with Crippen molar-refractivity contribution >= 4 is 18.1 Å². The van der Waals surface area contributed by atoms with E-state index in [0.29, 0.717) is 0 Å². The van der Waals surface area contributed by atoms with Crippen LogP contribution in [0.4, 0.5) is 5.82 Å². The van der Waals surface area contributed by atoms with E-state index in [1.165, 1.54) is 36.3 Å². The zero-order chi connectivity index (χ0) is 9.54. The molecule has 0 N–H and O–H groups in total. The fourth-order valence-corrected chi connectivity index (χ4v) is 2.51. The van der Waals surface area contributed by atoms with Gasteiger partial charge in [-0.25, -0.2) is 4.99 Å². The van der Waals surface area contributed by atoms with Crippen LogP contribution in [0.2, 0.25) is 0 Å². The van der Waals surface area contributed by atoms with Gasteiger partial charge in [0.1, 0.15) is 5.82 Å². The van der Waals surface area contributed by atoms with E-state index in [2.05, 4.69) is 28.8 Å². The van der Waals surface area contributed by atoms with Gasteiger partial charge in [-0.2, -0.15) is 0 Å². The van der Waals surface area contributed by atoms with Crippen LogP contribution >= 0.6 is 0 Å². The standard InChI is InChI=1S/C12H14N2/c1-14-11-7-3-2-5-9(11)10-6-4-8-13-12(10)14/h3,7-8H,2,4-6H2,1H3. The first-order valence-electron chi connectivity index (χ1n) is 5.27. The van der Waals surface area contributed by atoms with Crippen LogP contribution in [0.3, 0.4) is 0 Å². The van der Waals surface area contributed by atoms with E-state index in [9.17, 15) is 0 Å². The lowest BCUT2D eigenvalue weighted by molar-refractivity contribution is 0.883. The first-order valence-corrected chi connectivity index (χ1v) is 5.27. The van der Waals surface area contributed by atoms with Gasteiger partial charge in [-0.3, -0.25) is 0 Å². The van der Waals surface area contributed by atoms with Gasteiger partial charge >= 0.3 is 0 Å². The second-order valence-corrected chi connectivity index (χ2v) is 4.02. The molecule has 0 amide bonds. The minimum Gasteiger partial charge on any atom is -0.329 e. The molecule has 0 atom stereocenters. The van der Waals surface area contributed by atoms with Gasteiger partial charge in [0, 0.05) is 24.5 Å². The van der Waals surface area contributed by atoms with Crippen molar-refractivity contribution in [3.63, 3.8) is 0 Å². The third-order valence-corrected chi connectivity index (χ3v) is 3.20. The lowest BCUT2D eigenvalue weighted by Gasteiger charge is -2.08. The van der Waals surface area contributed by atoms with E-state index in [1.54, 1.807) is 5.56 Å². The summed E-state index contributed by atoms with van der Waals surface area (Å²) in [6.07, 6.45) is 11.2. The van der Waals surface area contributed by atoms with Crippen molar-refractivity contribution in [1.82, 2.24) is 4.57 Å². The lowest BCUT2D eigenvalue weighted by atomic mass is 9.97. The average molecular weight is 186 g/mol. The largest absolute Gasteiger partial charge is 0.329 e. The molecule has 0 bridgehead atoms. The second kappa shape index (κ2) is 2.84. The third-order valence-electron chi connectivity index (χ3n) is 3.20. The predicted molar refractivity (Wildman–Crippen MR) is 59.2 cm³/mol. The zero-order valence-corrected chi connectivity index (χ0v) is 8.45. The molecule has 0 saturated carbocycles. The Kier molecular flexibility index (Phi) is 1.63. The van der Waals surface area contributed by atoms with E-state index in [-0.39, 0.29) is 0 Å². The van der Waals surface area contributed by atoms with Gasteiger partial charge in [-0.1, -0.05) is 6.08 Å². The maximum absolute atomic E-state index is 4.50. The molecule has 2 heteroatoms. The Morgan fingerprint density at radius 2 is 2.07 bits per heavy atom. The van der Waals surface area contributed by atoms with E-state index >= 15 is 0 Å². The highest BCUT2D eigenvalue weighted by molar-refractivity contribution is 5.72. The monoisotopic (exact) mass is 186 g/mol. The topological polar surface area (TPSA) is 17.3 Å². The second-order valence-electron chi connectivity index (χ2n) is 4.02. The van der Waals surface area contributed by atoms with Crippen LogP contribution in [0.5, 0.6) is 0 Å². The molecule has 1 aromatic rings. The van der Waals surface area contributed by atoms with Crippen molar-refractivity contribution in [2.45, 2.75) is 25.7 Å². The van der Waals surface area contributed by atoms with Crippen LogP contribution in [-0.4, -0.2) is 10.8 Å². The summed E-state index contributed by atoms with van der Waals surface area (Å²) in [4.78, 5) is 4.50. The van der Waals surface area contributed by atoms with Gasteiger partial charge in [0.05, 0.1) is 0 Å². The maximum Gasteiger partial charge on any atom is 0.135 e. The molecular formula is C12H14N2. The molecule has 0 radical (unpaired) electrons. The highest BCUT2D eigenvalue weighted by Gasteiger charge is 2.21. The van der Waals surface area contributed by atoms with Crippen LogP contribution in [-0.2, 0) is 19.9 Å². The Labute approximate surface area is 84.0 Å². The molecular weight excluding hydrogens is 172 g/mol. The molecule has 1 aliphatic heterocycles. The van der Waals surface area contributed by atoms with Crippen molar-refractivity contribution in [2.24, 2.45) is 12.0 Å². The molecule has 1 aromatic heterocycles. The van der Waals surface area contributed by atoms with Gasteiger partial charge in [0.2, 0.25) is 0 Å². The molecule has 0 saturated heterocycles. The minimum absolute atomic E-state index is 1.10. The summed E-state index contributed by atoms with van der Waals surface area (Å²) in [7, 11) is 2.12. The molecule has 1 aliphatic carbocycles. The number of allylic oxidation sites excluding steroid dienone is 1. The summed E-state index contributed by atoms with van der Waals surface area (Å²) in [6, 6.07) is 0. The third kappa shape index (κ3) is 0.939. The highest BCUT2D eigenvalue weighted by Crippen LogP contribution is 2.35. The summed E-state index contributed by atoms with van der Waals surface area (Å²) < 4.78 is 2.23. The zero-order valence-electron chi connectivity index (χ0n) is 8.45. The molecule has 72 valence electrons. The number of aliphatic imine (C=N–C) groups is 1. The van der Waals surface area contributed by atoms with Gasteiger partial charge in [0.15, 0.2) is 0 Å². The molecule has 0 aromatic carbocycles. The first kappa shape index (κ1) is 8.04. The number of nitrogens with zero attached hydrogens (tertiary/aromatic N) is 2. The van der Waals surface area contributed by atoms with Gasteiger partial charge in [0.25, 0.3) is 0 Å². The number of rotatable bonds is 0. The van der Waals surface area contributed by atoms with E-state index < -0.39 is 0 Å². The van der Waals surface area contributed by atoms with Crippen LogP contribution < -0.4 is 0 Å². The Morgan fingerprint density at radius 1 is 1.21 bits per heavy atom. The Bertz CT molecular complexity index is 396. The van der Waals surface area contributed by atoms with Crippen molar-refractivity contribution in [3.05, 3.63) is 22.9 Å². The fourth-order valence-electron chi connectivity index (χ4n) is 2.51. The van der Waals surface area contributed by atoms with Gasteiger partial charge in [-0.05, 0) is 37.3 Å². The molecule has 0 fully saturated rings. The van der Waals surface area contributed by atoms with E-state index in [0.717, 1.165) is 6.42 Å². The van der Waals surface area contributed by atoms with E-state index in [1.807, 2.05) is 6.21 Å². The Balaban J connectivity index is 2.29. The maximum atomic E-state index is 4.50. The highest BCUT2D eigenvalue weighted by atomic mass is 15.1. The molecule has 2 nitrogen and oxygen atoms in total. The summed E-state index contributed by atoms with van der Waals surface area (Å²) in [5.41, 5.74) is 4.41. The summed E-state index contributed by atoms with van der Waals surface area (Å²) in [5, 5.41) is 0. The molecule has 0 spiro atoms. The molecule has 2 heterocycles. The molecule has 0 unspecified atom stereocenters. The van der Waals surface area contributed by atoms with Gasteiger partial charge < -0.3 is 4.57 Å². The lowest BCUT2D eigenvalue weighted by Crippen LogP contribution is -1.97. The Hall–Kier alpha value is -1.31. The van der Waals surface area contributed by atoms with Gasteiger partial charge in [-0.15, -0.1) is 0 Å². The molecule has 2 aliphatic rings. The average Bonchev–Trinajstić information content (AvgIpc) is 2.55. The smallest absolute Gasteiger partial charge is 0.135 e. The SMILES string of the molecule is Cn1c2c(c3c1N=CCC3)CCC=C2. The summed E-state index contributed by atoms with van der Waals surface area (Å²) in [6.45, 7) is 0. The van der Waals surface area contributed by atoms with Crippen molar-refractivity contribution in [2.75, 3.05) is 0 Å². The van der Waals surface area contributed by atoms with Crippen molar-refractivity contribution < 1.29 is 0 Å². The summed E-state index contributed by atoms with van der Waals surface area (Å²) >= 11 is 0. The van der Waals surface area contributed by atoms with Crippen molar-refractivity contribution in [1.29, 1.82) is 0 Å². The van der Waals surface area contributed by atoms with Crippen molar-refractivity contribution in [3.8, 4) is 0 Å². The first-order chi connectivity index (χ1) is 6.88. The normalized spacial score (nSPS) is 18.1.